The van der Waals surface area contributed by atoms with Crippen molar-refractivity contribution >= 4 is 22.6 Å². The minimum Gasteiger partial charge on any atom is -0.408 e. The fraction of sp³-hybridized carbons (Fsp3) is 0. The van der Waals surface area contributed by atoms with E-state index in [-0.39, 0.29) is 5.69 Å². The molecule has 0 unspecified atom stereocenters. The Labute approximate surface area is 106 Å². The van der Waals surface area contributed by atoms with E-state index >= 15 is 0 Å². The first-order valence-corrected chi connectivity index (χ1v) is 5.36. The fourth-order valence-electron chi connectivity index (χ4n) is 1.66. The second kappa shape index (κ2) is 4.27. The van der Waals surface area contributed by atoms with Crippen LogP contribution in [0.1, 0.15) is 5.69 Å². The third-order valence-corrected chi connectivity index (χ3v) is 2.48. The number of aromatic amines is 1. The van der Waals surface area contributed by atoms with E-state index < -0.39 is 5.76 Å². The van der Waals surface area contributed by atoms with Crippen LogP contribution in [0.5, 0.6) is 0 Å². The summed E-state index contributed by atoms with van der Waals surface area (Å²) in [5.74, 6) is -0.00950. The zero-order valence-corrected chi connectivity index (χ0v) is 9.54. The summed E-state index contributed by atoms with van der Waals surface area (Å²) >= 11 is 0. The van der Waals surface area contributed by atoms with E-state index in [1.165, 1.54) is 12.4 Å². The number of nitrogens with zero attached hydrogens (tertiary/aromatic N) is 3. The summed E-state index contributed by atoms with van der Waals surface area (Å²) in [4.78, 5) is 21.4. The van der Waals surface area contributed by atoms with Crippen LogP contribution in [0.3, 0.4) is 0 Å². The standard InChI is InChI=1S/C12H7N5O2/c13-5-8-4-11(15-6-14-8)16-7-1-2-9-10(3-7)19-12(18)17-9/h1-4,6H,(H,17,18)(H,14,15,16). The molecular weight excluding hydrogens is 246 g/mol. The van der Waals surface area contributed by atoms with Gasteiger partial charge in [0.15, 0.2) is 5.58 Å². The zero-order valence-electron chi connectivity index (χ0n) is 9.54. The zero-order chi connectivity index (χ0) is 13.2. The Morgan fingerprint density at radius 1 is 1.32 bits per heavy atom. The quantitative estimate of drug-likeness (QED) is 0.717. The molecular formula is C12H7N5O2. The Morgan fingerprint density at radius 3 is 3.05 bits per heavy atom. The van der Waals surface area contributed by atoms with Gasteiger partial charge in [0, 0.05) is 17.8 Å². The Hall–Kier alpha value is -3.14. The van der Waals surface area contributed by atoms with Crippen molar-refractivity contribution in [1.29, 1.82) is 5.26 Å². The van der Waals surface area contributed by atoms with Crippen molar-refractivity contribution in [3.8, 4) is 6.07 Å². The highest BCUT2D eigenvalue weighted by Crippen LogP contribution is 2.19. The molecule has 0 bridgehead atoms. The van der Waals surface area contributed by atoms with Gasteiger partial charge in [-0.3, -0.25) is 4.98 Å². The van der Waals surface area contributed by atoms with Crippen molar-refractivity contribution in [2.75, 3.05) is 5.32 Å². The highest BCUT2D eigenvalue weighted by Gasteiger charge is 2.03. The van der Waals surface area contributed by atoms with Crippen LogP contribution in [0, 0.1) is 11.3 Å². The molecule has 0 spiro atoms. The van der Waals surface area contributed by atoms with Gasteiger partial charge in [0.1, 0.15) is 23.9 Å². The number of nitriles is 1. The van der Waals surface area contributed by atoms with Crippen molar-refractivity contribution in [3.63, 3.8) is 0 Å². The van der Waals surface area contributed by atoms with Crippen LogP contribution >= 0.6 is 0 Å². The van der Waals surface area contributed by atoms with Crippen molar-refractivity contribution in [2.45, 2.75) is 0 Å². The van der Waals surface area contributed by atoms with Gasteiger partial charge in [-0.25, -0.2) is 14.8 Å². The normalized spacial score (nSPS) is 10.3. The van der Waals surface area contributed by atoms with E-state index in [1.54, 1.807) is 18.2 Å². The first-order chi connectivity index (χ1) is 9.24. The van der Waals surface area contributed by atoms with Gasteiger partial charge in [-0.05, 0) is 12.1 Å². The average Bonchev–Trinajstić information content (AvgIpc) is 2.78. The Kier molecular flexibility index (Phi) is 2.47. The third kappa shape index (κ3) is 2.14. The minimum atomic E-state index is -0.499. The molecule has 92 valence electrons. The van der Waals surface area contributed by atoms with E-state index in [0.717, 1.165) is 0 Å². The Bertz CT molecular complexity index is 843. The van der Waals surface area contributed by atoms with Gasteiger partial charge in [-0.1, -0.05) is 0 Å². The number of hydrogen-bond donors (Lipinski definition) is 2. The van der Waals surface area contributed by atoms with Crippen LogP contribution in [0.4, 0.5) is 11.5 Å². The maximum Gasteiger partial charge on any atom is 0.417 e. The first-order valence-electron chi connectivity index (χ1n) is 5.36. The molecule has 0 aliphatic carbocycles. The highest BCUT2D eigenvalue weighted by atomic mass is 16.4. The molecule has 3 aromatic rings. The summed E-state index contributed by atoms with van der Waals surface area (Å²) < 4.78 is 4.95. The number of fused-ring (bicyclic) bond motifs is 1. The molecule has 2 heterocycles. The molecule has 3 rings (SSSR count). The SMILES string of the molecule is N#Cc1cc(Nc2ccc3[nH]c(=O)oc3c2)ncn1. The van der Waals surface area contributed by atoms with Crippen LogP contribution in [-0.4, -0.2) is 15.0 Å². The van der Waals surface area contributed by atoms with Crippen LogP contribution in [0.2, 0.25) is 0 Å². The smallest absolute Gasteiger partial charge is 0.408 e. The number of benzene rings is 1. The number of nitrogens with one attached hydrogen (secondary N) is 2. The van der Waals surface area contributed by atoms with Gasteiger partial charge in [-0.15, -0.1) is 0 Å². The lowest BCUT2D eigenvalue weighted by Crippen LogP contribution is -1.95. The van der Waals surface area contributed by atoms with Gasteiger partial charge in [0.25, 0.3) is 0 Å². The molecule has 0 amide bonds. The Balaban J connectivity index is 1.96. The lowest BCUT2D eigenvalue weighted by Gasteiger charge is -2.04. The van der Waals surface area contributed by atoms with Gasteiger partial charge in [0.05, 0.1) is 5.52 Å². The summed E-state index contributed by atoms with van der Waals surface area (Å²) in [5, 5.41) is 11.8. The second-order valence-corrected chi connectivity index (χ2v) is 3.75. The molecule has 7 nitrogen and oxygen atoms in total. The summed E-state index contributed by atoms with van der Waals surface area (Å²) in [6.07, 6.45) is 1.30. The molecule has 0 radical (unpaired) electrons. The monoisotopic (exact) mass is 253 g/mol. The first kappa shape index (κ1) is 11.0. The summed E-state index contributed by atoms with van der Waals surface area (Å²) in [6.45, 7) is 0. The largest absolute Gasteiger partial charge is 0.417 e. The van der Waals surface area contributed by atoms with Crippen LogP contribution < -0.4 is 11.1 Å². The summed E-state index contributed by atoms with van der Waals surface area (Å²) in [6, 6.07) is 8.61. The minimum absolute atomic E-state index is 0.270. The van der Waals surface area contributed by atoms with Gasteiger partial charge >= 0.3 is 5.76 Å². The predicted molar refractivity (Wildman–Crippen MR) is 66.9 cm³/mol. The van der Waals surface area contributed by atoms with Crippen LogP contribution in [-0.2, 0) is 0 Å². The van der Waals surface area contributed by atoms with E-state index in [9.17, 15) is 4.79 Å². The van der Waals surface area contributed by atoms with E-state index in [2.05, 4.69) is 20.3 Å². The molecule has 0 fully saturated rings. The highest BCUT2D eigenvalue weighted by molar-refractivity contribution is 5.78. The van der Waals surface area contributed by atoms with Crippen molar-refractivity contribution in [1.82, 2.24) is 15.0 Å². The lowest BCUT2D eigenvalue weighted by atomic mass is 10.3. The number of hydrogen-bond acceptors (Lipinski definition) is 6. The second-order valence-electron chi connectivity index (χ2n) is 3.75. The van der Waals surface area contributed by atoms with Crippen molar-refractivity contribution < 1.29 is 4.42 Å². The van der Waals surface area contributed by atoms with Gasteiger partial charge in [0.2, 0.25) is 0 Å². The molecule has 0 saturated carbocycles. The van der Waals surface area contributed by atoms with Crippen molar-refractivity contribution in [2.24, 2.45) is 0 Å². The summed E-state index contributed by atoms with van der Waals surface area (Å²) in [5.41, 5.74) is 2.03. The molecule has 2 aromatic heterocycles. The molecule has 1 aromatic carbocycles. The molecule has 19 heavy (non-hydrogen) atoms. The maximum absolute atomic E-state index is 11.0. The number of rotatable bonds is 2. The molecule has 0 aliphatic heterocycles. The topological polar surface area (TPSA) is 108 Å². The Morgan fingerprint density at radius 2 is 2.21 bits per heavy atom. The van der Waals surface area contributed by atoms with E-state index in [0.29, 0.717) is 22.6 Å². The molecule has 0 atom stereocenters. The van der Waals surface area contributed by atoms with Crippen LogP contribution in [0.15, 0.2) is 39.8 Å². The van der Waals surface area contributed by atoms with E-state index in [1.807, 2.05) is 6.07 Å². The number of oxazole rings is 1. The molecule has 0 aliphatic rings. The molecule has 7 heteroatoms. The molecule has 0 saturated heterocycles. The summed E-state index contributed by atoms with van der Waals surface area (Å²) in [7, 11) is 0. The van der Waals surface area contributed by atoms with Gasteiger partial charge in [-0.2, -0.15) is 5.26 Å². The molecule has 2 N–H and O–H groups in total. The average molecular weight is 253 g/mol. The van der Waals surface area contributed by atoms with Gasteiger partial charge < -0.3 is 9.73 Å². The fourth-order valence-corrected chi connectivity index (χ4v) is 1.66. The predicted octanol–water partition coefficient (Wildman–Crippen LogP) is 1.53. The number of H-pyrrole nitrogens is 1. The lowest BCUT2D eigenvalue weighted by molar-refractivity contribution is 0.555. The number of anilines is 2. The maximum atomic E-state index is 11.0. The van der Waals surface area contributed by atoms with Crippen LogP contribution in [0.25, 0.3) is 11.1 Å². The van der Waals surface area contributed by atoms with E-state index in [4.69, 9.17) is 9.68 Å². The van der Waals surface area contributed by atoms with Crippen molar-refractivity contribution in [3.05, 3.63) is 46.8 Å². The third-order valence-electron chi connectivity index (χ3n) is 2.48. The number of aromatic nitrogens is 3.